The van der Waals surface area contributed by atoms with E-state index in [1.807, 2.05) is 0 Å². The molecule has 1 N–H and O–H groups in total. The molecule has 0 amide bonds. The third-order valence-corrected chi connectivity index (χ3v) is 3.02. The fourth-order valence-electron chi connectivity index (χ4n) is 1.08. The number of hydrogen-bond acceptors (Lipinski definition) is 4. The maximum absolute atomic E-state index is 5.77. The Kier molecular flexibility index (Phi) is 2.88. The number of imidazole rings is 1. The van der Waals surface area contributed by atoms with Gasteiger partial charge in [0.05, 0.1) is 6.33 Å². The van der Waals surface area contributed by atoms with E-state index in [1.165, 1.54) is 0 Å². The number of aromatic amines is 1. The first-order valence-electron chi connectivity index (χ1n) is 4.30. The summed E-state index contributed by atoms with van der Waals surface area (Å²) in [5.74, 6) is 1.02. The van der Waals surface area contributed by atoms with Gasteiger partial charge in [-0.15, -0.1) is 11.8 Å². The highest BCUT2D eigenvalue weighted by atomic mass is 35.5. The quantitative estimate of drug-likeness (QED) is 0.498. The molecule has 0 aliphatic carbocycles. The zero-order valence-electron chi connectivity index (χ0n) is 7.62. The second-order valence-corrected chi connectivity index (χ2v) is 4.17. The highest BCUT2D eigenvalue weighted by Gasteiger charge is 2.08. The van der Waals surface area contributed by atoms with Gasteiger partial charge in [-0.25, -0.2) is 9.97 Å². The van der Waals surface area contributed by atoms with Gasteiger partial charge >= 0.3 is 0 Å². The minimum absolute atomic E-state index is 0.253. The van der Waals surface area contributed by atoms with Crippen LogP contribution in [-0.2, 0) is 0 Å². The summed E-state index contributed by atoms with van der Waals surface area (Å²) in [5.41, 5.74) is 1.50. The van der Waals surface area contributed by atoms with Gasteiger partial charge in [0.1, 0.15) is 10.5 Å². The zero-order valence-corrected chi connectivity index (χ0v) is 9.19. The van der Waals surface area contributed by atoms with Crippen LogP contribution in [-0.4, -0.2) is 25.7 Å². The van der Waals surface area contributed by atoms with Crippen molar-refractivity contribution in [2.45, 2.75) is 18.4 Å². The van der Waals surface area contributed by atoms with Gasteiger partial charge in [0.15, 0.2) is 5.65 Å². The Labute approximate surface area is 90.5 Å². The van der Waals surface area contributed by atoms with Crippen molar-refractivity contribution >= 4 is 34.5 Å². The summed E-state index contributed by atoms with van der Waals surface area (Å²) < 4.78 is 0. The third kappa shape index (κ3) is 1.83. The van der Waals surface area contributed by atoms with Crippen molar-refractivity contribution < 1.29 is 0 Å². The molecule has 14 heavy (non-hydrogen) atoms. The summed E-state index contributed by atoms with van der Waals surface area (Å²) >= 11 is 7.43. The topological polar surface area (TPSA) is 54.5 Å². The van der Waals surface area contributed by atoms with E-state index >= 15 is 0 Å². The molecule has 0 aliphatic heterocycles. The Balaban J connectivity index is 2.44. The standard InChI is InChI=1S/C8H9ClN4S/c1-2-3-14-7-5-6(11-4-10-5)12-8(9)13-7/h4H,2-3H2,1H3,(H,10,11,12,13). The molecule has 4 nitrogen and oxygen atoms in total. The average Bonchev–Trinajstić information content (AvgIpc) is 2.61. The summed E-state index contributed by atoms with van der Waals surface area (Å²) in [7, 11) is 0. The van der Waals surface area contributed by atoms with Crippen molar-refractivity contribution in [1.29, 1.82) is 0 Å². The summed E-state index contributed by atoms with van der Waals surface area (Å²) in [6, 6.07) is 0. The van der Waals surface area contributed by atoms with Crippen molar-refractivity contribution in [1.82, 2.24) is 19.9 Å². The lowest BCUT2D eigenvalue weighted by Gasteiger charge is -1.99. The molecule has 0 unspecified atom stereocenters. The van der Waals surface area contributed by atoms with Crippen molar-refractivity contribution in [3.8, 4) is 0 Å². The Hall–Kier alpha value is -0.810. The molecule has 2 heterocycles. The molecule has 2 rings (SSSR count). The molecular weight excluding hydrogens is 220 g/mol. The number of aromatic nitrogens is 4. The summed E-state index contributed by atoms with van der Waals surface area (Å²) in [6.07, 6.45) is 2.70. The van der Waals surface area contributed by atoms with Crippen molar-refractivity contribution in [2.24, 2.45) is 0 Å². The van der Waals surface area contributed by atoms with Crippen LogP contribution in [0.1, 0.15) is 13.3 Å². The van der Waals surface area contributed by atoms with Crippen LogP contribution < -0.4 is 0 Å². The third-order valence-electron chi connectivity index (χ3n) is 1.67. The molecule has 0 spiro atoms. The van der Waals surface area contributed by atoms with E-state index in [0.717, 1.165) is 22.7 Å². The summed E-state index contributed by atoms with van der Waals surface area (Å²) in [5, 5.41) is 1.13. The van der Waals surface area contributed by atoms with E-state index < -0.39 is 0 Å². The van der Waals surface area contributed by atoms with E-state index in [2.05, 4.69) is 26.9 Å². The van der Waals surface area contributed by atoms with Gasteiger partial charge in [-0.2, -0.15) is 4.98 Å². The maximum atomic E-state index is 5.77. The molecule has 2 aromatic heterocycles. The number of nitrogens with one attached hydrogen (secondary N) is 1. The summed E-state index contributed by atoms with van der Waals surface area (Å²) in [6.45, 7) is 2.12. The molecule has 0 saturated heterocycles. The second-order valence-electron chi connectivity index (χ2n) is 2.75. The lowest BCUT2D eigenvalue weighted by Crippen LogP contribution is -1.89. The average molecular weight is 229 g/mol. The largest absolute Gasteiger partial charge is 0.341 e. The fraction of sp³-hybridized carbons (Fsp3) is 0.375. The number of rotatable bonds is 3. The van der Waals surface area contributed by atoms with Gasteiger partial charge in [0.2, 0.25) is 5.28 Å². The highest BCUT2D eigenvalue weighted by Crippen LogP contribution is 2.24. The smallest absolute Gasteiger partial charge is 0.225 e. The van der Waals surface area contributed by atoms with E-state index in [1.54, 1.807) is 18.1 Å². The van der Waals surface area contributed by atoms with Gasteiger partial charge in [-0.3, -0.25) is 0 Å². The number of halogens is 1. The molecule has 0 bridgehead atoms. The first-order chi connectivity index (χ1) is 6.81. The fourth-order valence-corrected chi connectivity index (χ4v) is 2.14. The van der Waals surface area contributed by atoms with Gasteiger partial charge in [-0.05, 0) is 23.8 Å². The van der Waals surface area contributed by atoms with Gasteiger partial charge in [-0.1, -0.05) is 6.92 Å². The monoisotopic (exact) mass is 228 g/mol. The molecule has 0 saturated carbocycles. The van der Waals surface area contributed by atoms with Crippen LogP contribution in [0.3, 0.4) is 0 Å². The number of H-pyrrole nitrogens is 1. The Morgan fingerprint density at radius 3 is 3.14 bits per heavy atom. The predicted octanol–water partition coefficient (Wildman–Crippen LogP) is 2.51. The van der Waals surface area contributed by atoms with Crippen LogP contribution in [0.5, 0.6) is 0 Å². The molecule has 2 aromatic rings. The lowest BCUT2D eigenvalue weighted by atomic mass is 10.6. The Bertz CT molecular complexity index is 442. The zero-order chi connectivity index (χ0) is 9.97. The van der Waals surface area contributed by atoms with E-state index in [0.29, 0.717) is 5.65 Å². The molecular formula is C8H9ClN4S. The summed E-state index contributed by atoms with van der Waals surface area (Å²) in [4.78, 5) is 15.2. The first-order valence-corrected chi connectivity index (χ1v) is 5.67. The normalized spacial score (nSPS) is 11.0. The van der Waals surface area contributed by atoms with E-state index in [-0.39, 0.29) is 5.28 Å². The Morgan fingerprint density at radius 2 is 2.36 bits per heavy atom. The Morgan fingerprint density at radius 1 is 1.50 bits per heavy atom. The van der Waals surface area contributed by atoms with Crippen molar-refractivity contribution in [2.75, 3.05) is 5.75 Å². The van der Waals surface area contributed by atoms with Crippen LogP contribution in [0, 0.1) is 0 Å². The number of thioether (sulfide) groups is 1. The minimum atomic E-state index is 0.253. The van der Waals surface area contributed by atoms with Crippen LogP contribution in [0.4, 0.5) is 0 Å². The molecule has 0 atom stereocenters. The van der Waals surface area contributed by atoms with Crippen LogP contribution >= 0.6 is 23.4 Å². The van der Waals surface area contributed by atoms with Gasteiger partial charge in [0.25, 0.3) is 0 Å². The van der Waals surface area contributed by atoms with Gasteiger partial charge in [0, 0.05) is 0 Å². The van der Waals surface area contributed by atoms with Crippen LogP contribution in [0.2, 0.25) is 5.28 Å². The second kappa shape index (κ2) is 4.14. The van der Waals surface area contributed by atoms with Crippen molar-refractivity contribution in [3.05, 3.63) is 11.6 Å². The minimum Gasteiger partial charge on any atom is -0.341 e. The number of fused-ring (bicyclic) bond motifs is 1. The molecule has 6 heteroatoms. The number of nitrogens with zero attached hydrogens (tertiary/aromatic N) is 3. The molecule has 0 aromatic carbocycles. The first kappa shape index (κ1) is 9.73. The van der Waals surface area contributed by atoms with Crippen molar-refractivity contribution in [3.63, 3.8) is 0 Å². The van der Waals surface area contributed by atoms with Crippen LogP contribution in [0.15, 0.2) is 11.4 Å². The molecule has 74 valence electrons. The maximum Gasteiger partial charge on any atom is 0.225 e. The molecule has 0 aliphatic rings. The van der Waals surface area contributed by atoms with E-state index in [4.69, 9.17) is 11.6 Å². The molecule has 0 fully saturated rings. The lowest BCUT2D eigenvalue weighted by molar-refractivity contribution is 1.06. The highest BCUT2D eigenvalue weighted by molar-refractivity contribution is 7.99. The van der Waals surface area contributed by atoms with Crippen LogP contribution in [0.25, 0.3) is 11.2 Å². The number of hydrogen-bond donors (Lipinski definition) is 1. The van der Waals surface area contributed by atoms with Gasteiger partial charge < -0.3 is 4.98 Å². The predicted molar refractivity (Wildman–Crippen MR) is 57.7 cm³/mol. The van der Waals surface area contributed by atoms with E-state index in [9.17, 15) is 0 Å². The molecule has 0 radical (unpaired) electrons. The SMILES string of the molecule is CCCSc1nc(Cl)nc2nc[nH]c12.